The van der Waals surface area contributed by atoms with Crippen LogP contribution in [0.3, 0.4) is 0 Å². The molecule has 0 heterocycles. The zero-order valence-electron chi connectivity index (χ0n) is 10.7. The van der Waals surface area contributed by atoms with Crippen molar-refractivity contribution in [3.63, 3.8) is 0 Å². The van der Waals surface area contributed by atoms with E-state index in [0.29, 0.717) is 0 Å². The molecule has 0 aliphatic heterocycles. The lowest BCUT2D eigenvalue weighted by Gasteiger charge is -2.12. The first-order chi connectivity index (χ1) is 8.67. The second-order valence-electron chi connectivity index (χ2n) is 4.03. The molecule has 0 unspecified atom stereocenters. The zero-order chi connectivity index (χ0) is 14.7. The summed E-state index contributed by atoms with van der Waals surface area (Å²) in [5, 5.41) is 0. The summed E-state index contributed by atoms with van der Waals surface area (Å²) >= 11 is 0. The number of hydrogen-bond donors (Lipinski definition) is 2. The number of para-hydroxylation sites is 1. The molecular formula is C10H17N3O4S2. The van der Waals surface area contributed by atoms with Crippen LogP contribution in [0.25, 0.3) is 0 Å². The Bertz CT molecular complexity index is 638. The van der Waals surface area contributed by atoms with Gasteiger partial charge in [-0.2, -0.15) is 0 Å². The van der Waals surface area contributed by atoms with Crippen molar-refractivity contribution in [1.29, 1.82) is 0 Å². The molecule has 0 aliphatic rings. The summed E-state index contributed by atoms with van der Waals surface area (Å²) in [4.78, 5) is -0.0581. The Morgan fingerprint density at radius 1 is 1.16 bits per heavy atom. The van der Waals surface area contributed by atoms with E-state index in [4.69, 9.17) is 5.73 Å². The largest absolute Gasteiger partial charge is 0.398 e. The average Bonchev–Trinajstić information content (AvgIpc) is 2.28. The molecule has 0 spiro atoms. The van der Waals surface area contributed by atoms with Crippen molar-refractivity contribution in [2.24, 2.45) is 0 Å². The first-order valence-electron chi connectivity index (χ1n) is 5.41. The number of rotatable bonds is 6. The van der Waals surface area contributed by atoms with Gasteiger partial charge in [0.15, 0.2) is 0 Å². The summed E-state index contributed by atoms with van der Waals surface area (Å²) < 4.78 is 50.0. The van der Waals surface area contributed by atoms with Crippen molar-refractivity contribution < 1.29 is 16.8 Å². The van der Waals surface area contributed by atoms with Gasteiger partial charge in [-0.3, -0.25) is 0 Å². The highest BCUT2D eigenvalue weighted by atomic mass is 32.2. The molecule has 0 saturated carbocycles. The highest BCUT2D eigenvalue weighted by Gasteiger charge is 2.19. The summed E-state index contributed by atoms with van der Waals surface area (Å²) in [5.41, 5.74) is 5.68. The molecule has 0 amide bonds. The fraction of sp³-hybridized carbons (Fsp3) is 0.400. The molecule has 7 nitrogen and oxygen atoms in total. The van der Waals surface area contributed by atoms with Crippen LogP contribution in [0.1, 0.15) is 0 Å². The van der Waals surface area contributed by atoms with Crippen LogP contribution >= 0.6 is 0 Å². The van der Waals surface area contributed by atoms with Gasteiger partial charge < -0.3 is 5.73 Å². The fourth-order valence-electron chi connectivity index (χ4n) is 1.29. The highest BCUT2D eigenvalue weighted by molar-refractivity contribution is 7.90. The molecular weight excluding hydrogens is 290 g/mol. The summed E-state index contributed by atoms with van der Waals surface area (Å²) in [5.74, 6) is -0.314. The number of nitrogens with zero attached hydrogens (tertiary/aromatic N) is 1. The van der Waals surface area contributed by atoms with Crippen LogP contribution in [0.2, 0.25) is 0 Å². The second kappa shape index (κ2) is 5.87. The SMILES string of the molecule is CN(C)S(=O)(=O)CCNS(=O)(=O)c1ccccc1N. The first kappa shape index (κ1) is 15.9. The number of benzene rings is 1. The van der Waals surface area contributed by atoms with Gasteiger partial charge >= 0.3 is 0 Å². The standard InChI is InChI=1S/C10H17N3O4S2/c1-13(2)18(14,15)8-7-12-19(16,17)10-6-4-3-5-9(10)11/h3-6,12H,7-8,11H2,1-2H3. The Kier molecular flexibility index (Phi) is 4.91. The first-order valence-corrected chi connectivity index (χ1v) is 8.50. The van der Waals surface area contributed by atoms with Crippen LogP contribution in [0.5, 0.6) is 0 Å². The average molecular weight is 307 g/mol. The van der Waals surface area contributed by atoms with Gasteiger partial charge in [-0.15, -0.1) is 0 Å². The molecule has 0 radical (unpaired) electrons. The van der Waals surface area contributed by atoms with E-state index in [1.807, 2.05) is 0 Å². The molecule has 0 bridgehead atoms. The number of nitrogens with two attached hydrogens (primary N) is 1. The maximum Gasteiger partial charge on any atom is 0.242 e. The molecule has 1 aromatic carbocycles. The van der Waals surface area contributed by atoms with E-state index in [0.717, 1.165) is 4.31 Å². The van der Waals surface area contributed by atoms with E-state index in [2.05, 4.69) is 4.72 Å². The summed E-state index contributed by atoms with van der Waals surface area (Å²) in [6.07, 6.45) is 0. The molecule has 1 rings (SSSR count). The molecule has 9 heteroatoms. The smallest absolute Gasteiger partial charge is 0.242 e. The van der Waals surface area contributed by atoms with Crippen molar-refractivity contribution in [2.75, 3.05) is 32.1 Å². The minimum Gasteiger partial charge on any atom is -0.398 e. The lowest BCUT2D eigenvalue weighted by atomic mass is 10.3. The summed E-state index contributed by atoms with van der Waals surface area (Å²) in [7, 11) is -4.46. The van der Waals surface area contributed by atoms with E-state index in [1.165, 1.54) is 26.2 Å². The minimum absolute atomic E-state index is 0.0581. The molecule has 3 N–H and O–H groups in total. The van der Waals surface area contributed by atoms with E-state index in [9.17, 15) is 16.8 Å². The Balaban J connectivity index is 2.76. The van der Waals surface area contributed by atoms with Gasteiger partial charge in [-0.05, 0) is 12.1 Å². The molecule has 0 aliphatic carbocycles. The monoisotopic (exact) mass is 307 g/mol. The molecule has 108 valence electrons. The Morgan fingerprint density at radius 2 is 1.74 bits per heavy atom. The topological polar surface area (TPSA) is 110 Å². The van der Waals surface area contributed by atoms with Gasteiger partial charge in [0.05, 0.1) is 11.4 Å². The number of nitrogens with one attached hydrogen (secondary N) is 1. The second-order valence-corrected chi connectivity index (χ2v) is 8.07. The molecule has 19 heavy (non-hydrogen) atoms. The molecule has 1 aromatic rings. The molecule has 0 saturated heterocycles. The summed E-state index contributed by atoms with van der Waals surface area (Å²) in [6.45, 7) is -0.211. The van der Waals surface area contributed by atoms with Crippen molar-refractivity contribution in [3.05, 3.63) is 24.3 Å². The van der Waals surface area contributed by atoms with Crippen LogP contribution in [0.15, 0.2) is 29.2 Å². The van der Waals surface area contributed by atoms with Gasteiger partial charge in [-0.1, -0.05) is 12.1 Å². The van der Waals surface area contributed by atoms with E-state index in [-0.39, 0.29) is 22.9 Å². The summed E-state index contributed by atoms with van der Waals surface area (Å²) in [6, 6.07) is 5.98. The molecule has 0 aromatic heterocycles. The van der Waals surface area contributed by atoms with Gasteiger partial charge in [0.1, 0.15) is 4.90 Å². The normalized spacial score (nSPS) is 12.8. The molecule has 0 atom stereocenters. The van der Waals surface area contributed by atoms with Crippen LogP contribution in [0, 0.1) is 0 Å². The van der Waals surface area contributed by atoms with Crippen molar-refractivity contribution in [1.82, 2.24) is 9.03 Å². The number of anilines is 1. The lowest BCUT2D eigenvalue weighted by molar-refractivity contribution is 0.519. The van der Waals surface area contributed by atoms with Crippen molar-refractivity contribution in [2.45, 2.75) is 4.90 Å². The van der Waals surface area contributed by atoms with E-state index in [1.54, 1.807) is 12.1 Å². The lowest BCUT2D eigenvalue weighted by Crippen LogP contribution is -2.34. The van der Waals surface area contributed by atoms with Gasteiger partial charge in [0, 0.05) is 20.6 Å². The predicted molar refractivity (Wildman–Crippen MR) is 73.5 cm³/mol. The quantitative estimate of drug-likeness (QED) is 0.685. The highest BCUT2D eigenvalue weighted by Crippen LogP contribution is 2.16. The van der Waals surface area contributed by atoms with E-state index >= 15 is 0 Å². The van der Waals surface area contributed by atoms with E-state index < -0.39 is 20.0 Å². The minimum atomic E-state index is -3.80. The number of hydrogen-bond acceptors (Lipinski definition) is 5. The van der Waals surface area contributed by atoms with Gasteiger partial charge in [0.25, 0.3) is 0 Å². The Hall–Kier alpha value is -1.16. The number of nitrogen functional groups attached to an aromatic ring is 1. The third-order valence-electron chi connectivity index (χ3n) is 2.42. The predicted octanol–water partition coefficient (Wildman–Crippen LogP) is -0.561. The maximum atomic E-state index is 11.9. The third-order valence-corrected chi connectivity index (χ3v) is 5.78. The fourth-order valence-corrected chi connectivity index (χ4v) is 3.31. The van der Waals surface area contributed by atoms with Gasteiger partial charge in [-0.25, -0.2) is 25.9 Å². The van der Waals surface area contributed by atoms with Crippen molar-refractivity contribution >= 4 is 25.7 Å². The zero-order valence-corrected chi connectivity index (χ0v) is 12.3. The van der Waals surface area contributed by atoms with Crippen molar-refractivity contribution in [3.8, 4) is 0 Å². The van der Waals surface area contributed by atoms with Gasteiger partial charge in [0.2, 0.25) is 20.0 Å². The third kappa shape index (κ3) is 4.16. The van der Waals surface area contributed by atoms with Crippen LogP contribution in [-0.2, 0) is 20.0 Å². The number of sulfonamides is 2. The Labute approximate surface area is 113 Å². The van der Waals surface area contributed by atoms with Crippen LogP contribution < -0.4 is 10.5 Å². The Morgan fingerprint density at radius 3 is 2.26 bits per heavy atom. The van der Waals surface area contributed by atoms with Crippen LogP contribution in [0.4, 0.5) is 5.69 Å². The molecule has 0 fully saturated rings. The van der Waals surface area contributed by atoms with Crippen LogP contribution in [-0.4, -0.2) is 47.5 Å². The maximum absolute atomic E-state index is 11.9.